The molecule has 2 aliphatic rings. The molecule has 27 heavy (non-hydrogen) atoms. The van der Waals surface area contributed by atoms with Crippen LogP contribution in [0.15, 0.2) is 28.8 Å². The molecule has 2 saturated heterocycles. The monoisotopic (exact) mass is 398 g/mol. The standard InChI is InChI=1S/C18H21F3N4OS/c19-18(20,21)14-3-1-13(2-4-14)17-22-16(26-23-17)11-24-6-8-25(9-7-24)15-5-10-27-12-15/h1-4,15H,5-12H2. The van der Waals surface area contributed by atoms with Gasteiger partial charge in [-0.25, -0.2) is 0 Å². The summed E-state index contributed by atoms with van der Waals surface area (Å²) in [6, 6.07) is 5.52. The number of benzene rings is 1. The van der Waals surface area contributed by atoms with Crippen LogP contribution in [0.3, 0.4) is 0 Å². The lowest BCUT2D eigenvalue weighted by atomic mass is 10.1. The maximum atomic E-state index is 12.7. The zero-order valence-electron chi connectivity index (χ0n) is 14.8. The molecule has 1 atom stereocenters. The fourth-order valence-corrected chi connectivity index (χ4v) is 4.79. The van der Waals surface area contributed by atoms with Crippen molar-refractivity contribution in [3.05, 3.63) is 35.7 Å². The summed E-state index contributed by atoms with van der Waals surface area (Å²) in [6.45, 7) is 4.58. The minimum atomic E-state index is -4.35. The summed E-state index contributed by atoms with van der Waals surface area (Å²) in [4.78, 5) is 9.19. The van der Waals surface area contributed by atoms with Crippen LogP contribution in [0.5, 0.6) is 0 Å². The first-order valence-corrected chi connectivity index (χ1v) is 10.2. The molecule has 3 heterocycles. The zero-order chi connectivity index (χ0) is 18.9. The highest BCUT2D eigenvalue weighted by atomic mass is 32.2. The fraction of sp³-hybridized carbons (Fsp3) is 0.556. The van der Waals surface area contributed by atoms with Gasteiger partial charge < -0.3 is 4.52 Å². The molecular formula is C18H21F3N4OS. The number of hydrogen-bond acceptors (Lipinski definition) is 6. The summed E-state index contributed by atoms with van der Waals surface area (Å²) in [5, 5.41) is 3.91. The minimum absolute atomic E-state index is 0.320. The number of piperazine rings is 1. The molecule has 2 aliphatic heterocycles. The van der Waals surface area contributed by atoms with Crippen LogP contribution in [0.4, 0.5) is 13.2 Å². The van der Waals surface area contributed by atoms with Gasteiger partial charge in [-0.05, 0) is 24.3 Å². The average Bonchev–Trinajstić information content (AvgIpc) is 3.34. The van der Waals surface area contributed by atoms with Gasteiger partial charge in [0.1, 0.15) is 0 Å². The van der Waals surface area contributed by atoms with Crippen LogP contribution in [-0.2, 0) is 12.7 Å². The first-order chi connectivity index (χ1) is 13.0. The molecule has 0 radical (unpaired) electrons. The van der Waals surface area contributed by atoms with E-state index in [9.17, 15) is 13.2 Å². The van der Waals surface area contributed by atoms with Crippen molar-refractivity contribution in [2.75, 3.05) is 37.7 Å². The van der Waals surface area contributed by atoms with E-state index in [0.29, 0.717) is 29.9 Å². The van der Waals surface area contributed by atoms with Gasteiger partial charge >= 0.3 is 6.18 Å². The molecule has 2 aromatic rings. The molecule has 1 aromatic carbocycles. The van der Waals surface area contributed by atoms with Crippen molar-refractivity contribution in [2.24, 2.45) is 0 Å². The number of halogens is 3. The molecule has 4 rings (SSSR count). The summed E-state index contributed by atoms with van der Waals surface area (Å²) < 4.78 is 43.3. The Morgan fingerprint density at radius 1 is 1.11 bits per heavy atom. The van der Waals surface area contributed by atoms with E-state index in [1.54, 1.807) is 0 Å². The molecule has 2 fully saturated rings. The van der Waals surface area contributed by atoms with Crippen LogP contribution >= 0.6 is 11.8 Å². The molecule has 0 bridgehead atoms. The highest BCUT2D eigenvalue weighted by molar-refractivity contribution is 7.99. The van der Waals surface area contributed by atoms with Crippen molar-refractivity contribution in [1.82, 2.24) is 19.9 Å². The molecule has 0 N–H and O–H groups in total. The van der Waals surface area contributed by atoms with Gasteiger partial charge in [0.25, 0.3) is 0 Å². The van der Waals surface area contributed by atoms with E-state index in [2.05, 4.69) is 19.9 Å². The van der Waals surface area contributed by atoms with Crippen molar-refractivity contribution in [3.63, 3.8) is 0 Å². The average molecular weight is 398 g/mol. The normalized spacial score (nSPS) is 22.4. The molecule has 1 unspecified atom stereocenters. The number of thioether (sulfide) groups is 1. The topological polar surface area (TPSA) is 45.4 Å². The van der Waals surface area contributed by atoms with Gasteiger partial charge in [0.05, 0.1) is 12.1 Å². The molecule has 0 spiro atoms. The first-order valence-electron chi connectivity index (χ1n) is 9.03. The molecule has 0 aliphatic carbocycles. The first kappa shape index (κ1) is 18.8. The van der Waals surface area contributed by atoms with Crippen LogP contribution in [0.1, 0.15) is 17.9 Å². The van der Waals surface area contributed by atoms with Gasteiger partial charge in [0, 0.05) is 43.5 Å². The second kappa shape index (κ2) is 7.81. The second-order valence-electron chi connectivity index (χ2n) is 6.92. The molecule has 5 nitrogen and oxygen atoms in total. The van der Waals surface area contributed by atoms with Gasteiger partial charge in [-0.2, -0.15) is 29.9 Å². The van der Waals surface area contributed by atoms with E-state index in [4.69, 9.17) is 4.52 Å². The van der Waals surface area contributed by atoms with Crippen LogP contribution < -0.4 is 0 Å². The maximum Gasteiger partial charge on any atom is 0.416 e. The smallest absolute Gasteiger partial charge is 0.338 e. The van der Waals surface area contributed by atoms with E-state index in [0.717, 1.165) is 38.3 Å². The SMILES string of the molecule is FC(F)(F)c1ccc(-c2noc(CN3CCN(C4CCSC4)CC3)n2)cc1. The highest BCUT2D eigenvalue weighted by Gasteiger charge is 2.30. The third kappa shape index (κ3) is 4.47. The molecule has 1 aromatic heterocycles. The van der Waals surface area contributed by atoms with E-state index in [1.165, 1.54) is 30.1 Å². The zero-order valence-corrected chi connectivity index (χ0v) is 15.6. The number of aromatic nitrogens is 2. The molecule has 9 heteroatoms. The molecule has 146 valence electrons. The van der Waals surface area contributed by atoms with Gasteiger partial charge in [0.15, 0.2) is 0 Å². The third-order valence-corrected chi connectivity index (χ3v) is 6.27. The Kier molecular flexibility index (Phi) is 5.43. The predicted molar refractivity (Wildman–Crippen MR) is 97.3 cm³/mol. The van der Waals surface area contributed by atoms with Gasteiger partial charge in [-0.1, -0.05) is 17.3 Å². The Bertz CT molecular complexity index is 751. The van der Waals surface area contributed by atoms with Crippen molar-refractivity contribution in [2.45, 2.75) is 25.2 Å². The molecule has 0 amide bonds. The van der Waals surface area contributed by atoms with Gasteiger partial charge in [0.2, 0.25) is 11.7 Å². The Balaban J connectivity index is 1.33. The summed E-state index contributed by atoms with van der Waals surface area (Å²) in [5.41, 5.74) is -0.171. The molecular weight excluding hydrogens is 377 g/mol. The van der Waals surface area contributed by atoms with Crippen molar-refractivity contribution >= 4 is 11.8 Å². The lowest BCUT2D eigenvalue weighted by Crippen LogP contribution is -2.50. The third-order valence-electron chi connectivity index (χ3n) is 5.13. The van der Waals surface area contributed by atoms with E-state index in [1.807, 2.05) is 11.8 Å². The largest absolute Gasteiger partial charge is 0.416 e. The van der Waals surface area contributed by atoms with Crippen molar-refractivity contribution in [1.29, 1.82) is 0 Å². The van der Waals surface area contributed by atoms with Crippen molar-refractivity contribution < 1.29 is 17.7 Å². The van der Waals surface area contributed by atoms with Crippen LogP contribution in [-0.4, -0.2) is 63.7 Å². The van der Waals surface area contributed by atoms with Crippen LogP contribution in [0, 0.1) is 0 Å². The number of rotatable bonds is 4. The number of hydrogen-bond donors (Lipinski definition) is 0. The number of alkyl halides is 3. The van der Waals surface area contributed by atoms with Gasteiger partial charge in [-0.15, -0.1) is 0 Å². The summed E-state index contributed by atoms with van der Waals surface area (Å²) in [6.07, 6.45) is -3.06. The number of nitrogens with zero attached hydrogens (tertiary/aromatic N) is 4. The maximum absolute atomic E-state index is 12.7. The van der Waals surface area contributed by atoms with E-state index < -0.39 is 11.7 Å². The Morgan fingerprint density at radius 2 is 1.85 bits per heavy atom. The van der Waals surface area contributed by atoms with E-state index >= 15 is 0 Å². The van der Waals surface area contributed by atoms with E-state index in [-0.39, 0.29) is 0 Å². The predicted octanol–water partition coefficient (Wildman–Crippen LogP) is 3.38. The fourth-order valence-electron chi connectivity index (χ4n) is 3.53. The lowest BCUT2D eigenvalue weighted by molar-refractivity contribution is -0.137. The van der Waals surface area contributed by atoms with Crippen LogP contribution in [0.2, 0.25) is 0 Å². The molecule has 0 saturated carbocycles. The summed E-state index contributed by atoms with van der Waals surface area (Å²) >= 11 is 2.03. The Hall–Kier alpha value is -1.58. The van der Waals surface area contributed by atoms with Gasteiger partial charge in [-0.3, -0.25) is 9.80 Å². The quantitative estimate of drug-likeness (QED) is 0.787. The van der Waals surface area contributed by atoms with Crippen LogP contribution in [0.25, 0.3) is 11.4 Å². The Labute approximate surface area is 159 Å². The highest BCUT2D eigenvalue weighted by Crippen LogP contribution is 2.30. The Morgan fingerprint density at radius 3 is 2.48 bits per heavy atom. The summed E-state index contributed by atoms with van der Waals surface area (Å²) in [7, 11) is 0. The lowest BCUT2D eigenvalue weighted by Gasteiger charge is -2.37. The summed E-state index contributed by atoms with van der Waals surface area (Å²) in [5.74, 6) is 3.31. The second-order valence-corrected chi connectivity index (χ2v) is 8.07. The minimum Gasteiger partial charge on any atom is -0.338 e. The van der Waals surface area contributed by atoms with Crippen molar-refractivity contribution in [3.8, 4) is 11.4 Å².